The summed E-state index contributed by atoms with van der Waals surface area (Å²) in [6, 6.07) is 0. The van der Waals surface area contributed by atoms with E-state index >= 15 is 0 Å². The van der Waals surface area contributed by atoms with Crippen LogP contribution in [0.15, 0.2) is 0 Å². The molecule has 0 bridgehead atoms. The van der Waals surface area contributed by atoms with E-state index in [1.54, 1.807) is 0 Å². The molecule has 0 aromatic heterocycles. The molecule has 0 spiro atoms. The molecule has 54 heavy (non-hydrogen) atoms. The average Bonchev–Trinajstić information content (AvgIpc) is 3.15. The Labute approximate surface area is 311 Å². The standard InChI is InChI=1S/C30H52O23S/c1-48-16(35)2-4-54-5-3-49-25-30(47,22(40)17(36)13(6-31)53-25)29(46)15(8-33)51-10-26(43,24(29)42)23(41)19-18(37)21(39)27(44,11-52-19)28(45)14(7-32)50-9-12(34)20(28)38/h12-15,17-25,31-34,36-47H,2-11H2,1H3/t12-,13+,14+,15+,17+,18+,19-,20+,21-,22-,23?,24+,25-,26+,27-,28-,29-,30+/m0/s1. The molecule has 0 aromatic carbocycles. The highest BCUT2D eigenvalue weighted by Crippen LogP contribution is 2.50. The van der Waals surface area contributed by atoms with Gasteiger partial charge in [0.15, 0.2) is 28.7 Å². The highest BCUT2D eigenvalue weighted by atomic mass is 32.2. The number of aliphatic hydroxyl groups is 16. The summed E-state index contributed by atoms with van der Waals surface area (Å²) >= 11 is 1.15. The zero-order chi connectivity index (χ0) is 40.6. The summed E-state index contributed by atoms with van der Waals surface area (Å²) in [5.41, 5.74) is -16.8. The second-order valence-corrected chi connectivity index (χ2v) is 15.1. The lowest BCUT2D eigenvalue weighted by Crippen LogP contribution is -2.87. The fourth-order valence-corrected chi connectivity index (χ4v) is 8.33. The van der Waals surface area contributed by atoms with Crippen LogP contribution in [0.4, 0.5) is 0 Å². The summed E-state index contributed by atoms with van der Waals surface area (Å²) in [5, 5.41) is 177. The van der Waals surface area contributed by atoms with Crippen molar-refractivity contribution >= 4 is 17.7 Å². The molecule has 0 saturated carbocycles. The highest BCUT2D eigenvalue weighted by Gasteiger charge is 2.77. The van der Waals surface area contributed by atoms with Gasteiger partial charge >= 0.3 is 5.97 Å². The van der Waals surface area contributed by atoms with Crippen LogP contribution in [0.3, 0.4) is 0 Å². The molecule has 4 fully saturated rings. The Hall–Kier alpha value is -1.02. The second kappa shape index (κ2) is 17.5. The average molecular weight is 813 g/mol. The molecule has 316 valence electrons. The van der Waals surface area contributed by atoms with E-state index in [1.165, 1.54) is 7.11 Å². The van der Waals surface area contributed by atoms with Gasteiger partial charge in [0.1, 0.15) is 78.8 Å². The van der Waals surface area contributed by atoms with Crippen molar-refractivity contribution in [2.75, 3.05) is 64.9 Å². The zero-order valence-corrected chi connectivity index (χ0v) is 29.8. The molecule has 4 heterocycles. The van der Waals surface area contributed by atoms with Gasteiger partial charge in [-0.3, -0.25) is 4.79 Å². The van der Waals surface area contributed by atoms with Gasteiger partial charge in [-0.1, -0.05) is 0 Å². The van der Waals surface area contributed by atoms with Gasteiger partial charge in [-0.15, -0.1) is 0 Å². The summed E-state index contributed by atoms with van der Waals surface area (Å²) in [6.45, 7) is -6.93. The SMILES string of the molecule is COC(=O)CCSCCO[C@H]1O[C@H](CO)[C@@H](O)[C@H](O)[C@]1(O)[C@]1(O)[C@@H](CO)OC[C@@](O)(C(O)[C@H]2OC[C@@](O)([C@@]3(O)[C@H](O)[C@@H](O)CO[C@@H]3CO)[C@@H](O)[C@@H]2O)[C@H]1O. The van der Waals surface area contributed by atoms with Crippen molar-refractivity contribution in [1.29, 1.82) is 0 Å². The van der Waals surface area contributed by atoms with Gasteiger partial charge in [-0.25, -0.2) is 0 Å². The Morgan fingerprint density at radius 2 is 1.41 bits per heavy atom. The van der Waals surface area contributed by atoms with Crippen molar-refractivity contribution in [1.82, 2.24) is 0 Å². The topological polar surface area (TPSA) is 396 Å². The molecule has 4 rings (SSSR count). The monoisotopic (exact) mass is 812 g/mol. The predicted octanol–water partition coefficient (Wildman–Crippen LogP) is -10.3. The number of aliphatic hydroxyl groups excluding tert-OH is 11. The van der Waals surface area contributed by atoms with Gasteiger partial charge in [0, 0.05) is 11.5 Å². The van der Waals surface area contributed by atoms with Crippen LogP contribution in [-0.2, 0) is 33.2 Å². The first-order valence-electron chi connectivity index (χ1n) is 16.9. The molecule has 4 saturated heterocycles. The largest absolute Gasteiger partial charge is 0.469 e. The number of hydrogen-bond acceptors (Lipinski definition) is 24. The first kappa shape index (κ1) is 45.7. The van der Waals surface area contributed by atoms with E-state index < -0.39 is 153 Å². The molecule has 18 atom stereocenters. The van der Waals surface area contributed by atoms with Crippen LogP contribution >= 0.6 is 11.8 Å². The van der Waals surface area contributed by atoms with Crippen LogP contribution in [0.1, 0.15) is 6.42 Å². The summed E-state index contributed by atoms with van der Waals surface area (Å²) in [6.07, 6.45) is -30.4. The molecule has 0 amide bonds. The fourth-order valence-electron chi connectivity index (χ4n) is 7.60. The van der Waals surface area contributed by atoms with E-state index in [4.69, 9.17) is 23.7 Å². The molecular formula is C30H52O23S. The van der Waals surface area contributed by atoms with Gasteiger partial charge in [-0.2, -0.15) is 11.8 Å². The zero-order valence-electron chi connectivity index (χ0n) is 29.0. The smallest absolute Gasteiger partial charge is 0.306 e. The minimum atomic E-state index is -3.61. The van der Waals surface area contributed by atoms with E-state index in [1.807, 2.05) is 0 Å². The van der Waals surface area contributed by atoms with Gasteiger partial charge < -0.3 is 110 Å². The third-order valence-electron chi connectivity index (χ3n) is 11.0. The third kappa shape index (κ3) is 7.20. The van der Waals surface area contributed by atoms with Crippen molar-refractivity contribution in [3.05, 3.63) is 0 Å². The maximum atomic E-state index is 12.2. The normalized spacial score (nSPS) is 49.4. The van der Waals surface area contributed by atoms with Gasteiger partial charge in [0.05, 0.1) is 59.8 Å². The van der Waals surface area contributed by atoms with Crippen LogP contribution in [0.2, 0.25) is 0 Å². The minimum Gasteiger partial charge on any atom is -0.469 e. The van der Waals surface area contributed by atoms with Gasteiger partial charge in [-0.05, 0) is 0 Å². The summed E-state index contributed by atoms with van der Waals surface area (Å²) in [5.74, 6) is -0.184. The van der Waals surface area contributed by atoms with Crippen LogP contribution in [0, 0.1) is 0 Å². The number of carbonyl (C=O) groups excluding carboxylic acids is 1. The Bertz CT molecular complexity index is 1250. The molecular weight excluding hydrogens is 760 g/mol. The Balaban J connectivity index is 1.65. The summed E-state index contributed by atoms with van der Waals surface area (Å²) < 4.78 is 31.5. The lowest BCUT2D eigenvalue weighted by molar-refractivity contribution is -0.427. The first-order chi connectivity index (χ1) is 25.2. The van der Waals surface area contributed by atoms with Crippen LogP contribution in [0.5, 0.6) is 0 Å². The summed E-state index contributed by atoms with van der Waals surface area (Å²) in [4.78, 5) is 11.4. The maximum absolute atomic E-state index is 12.2. The molecule has 0 aliphatic carbocycles. The number of rotatable bonds is 14. The number of hydrogen-bond donors (Lipinski definition) is 16. The fraction of sp³-hybridized carbons (Fsp3) is 0.967. The first-order valence-corrected chi connectivity index (χ1v) is 18.0. The van der Waals surface area contributed by atoms with Crippen molar-refractivity contribution in [3.8, 4) is 0 Å². The van der Waals surface area contributed by atoms with Crippen LogP contribution in [-0.4, -0.2) is 260 Å². The van der Waals surface area contributed by atoms with Crippen molar-refractivity contribution in [2.45, 2.75) is 114 Å². The van der Waals surface area contributed by atoms with Crippen LogP contribution < -0.4 is 0 Å². The molecule has 0 radical (unpaired) electrons. The minimum absolute atomic E-state index is 0.0180. The molecule has 16 N–H and O–H groups in total. The molecule has 4 aliphatic rings. The summed E-state index contributed by atoms with van der Waals surface area (Å²) in [7, 11) is 1.20. The third-order valence-corrected chi connectivity index (χ3v) is 11.9. The van der Waals surface area contributed by atoms with Gasteiger partial charge in [0.25, 0.3) is 0 Å². The van der Waals surface area contributed by atoms with Crippen molar-refractivity contribution in [3.63, 3.8) is 0 Å². The highest BCUT2D eigenvalue weighted by molar-refractivity contribution is 7.99. The quantitative estimate of drug-likeness (QED) is 0.0572. The van der Waals surface area contributed by atoms with E-state index in [-0.39, 0.29) is 24.5 Å². The van der Waals surface area contributed by atoms with E-state index in [0.29, 0.717) is 0 Å². The van der Waals surface area contributed by atoms with E-state index in [9.17, 15) is 86.5 Å². The van der Waals surface area contributed by atoms with Gasteiger partial charge in [0.2, 0.25) is 0 Å². The Morgan fingerprint density at radius 3 is 2.00 bits per heavy atom. The number of methoxy groups -OCH3 is 1. The van der Waals surface area contributed by atoms with E-state index in [2.05, 4.69) is 4.74 Å². The van der Waals surface area contributed by atoms with Crippen LogP contribution in [0.25, 0.3) is 0 Å². The number of thioether (sulfide) groups is 1. The Kier molecular flexibility index (Phi) is 14.8. The lowest BCUT2D eigenvalue weighted by atomic mass is 9.61. The number of carbonyl (C=O) groups is 1. The molecule has 23 nitrogen and oxygen atoms in total. The number of ether oxygens (including phenoxy) is 6. The van der Waals surface area contributed by atoms with Crippen molar-refractivity contribution < 1.29 is 115 Å². The lowest BCUT2D eigenvalue weighted by Gasteiger charge is -2.62. The maximum Gasteiger partial charge on any atom is 0.306 e. The number of esters is 1. The van der Waals surface area contributed by atoms with E-state index in [0.717, 1.165) is 11.8 Å². The molecule has 4 aliphatic heterocycles. The second-order valence-electron chi connectivity index (χ2n) is 13.9. The molecule has 1 unspecified atom stereocenters. The molecule has 24 heteroatoms. The van der Waals surface area contributed by atoms with Crippen molar-refractivity contribution in [2.24, 2.45) is 0 Å². The Morgan fingerprint density at radius 1 is 0.778 bits per heavy atom. The predicted molar refractivity (Wildman–Crippen MR) is 172 cm³/mol. The molecule has 0 aromatic rings.